The molecule has 2 rings (SSSR count). The highest BCUT2D eigenvalue weighted by atomic mass is 35.5. The van der Waals surface area contributed by atoms with E-state index in [1.54, 1.807) is 5.38 Å². The molecule has 5 nitrogen and oxygen atoms in total. The van der Waals surface area contributed by atoms with E-state index < -0.39 is 18.7 Å². The highest BCUT2D eigenvalue weighted by molar-refractivity contribution is 7.09. The lowest BCUT2D eigenvalue weighted by Gasteiger charge is -2.14. The van der Waals surface area contributed by atoms with Crippen LogP contribution in [0.4, 0.5) is 18.9 Å². The molecular weight excluding hydrogens is 402 g/mol. The fraction of sp³-hybridized carbons (Fsp3) is 0.286. The van der Waals surface area contributed by atoms with Gasteiger partial charge in [0.15, 0.2) is 6.61 Å². The predicted octanol–water partition coefficient (Wildman–Crippen LogP) is 3.91. The Bertz CT molecular complexity index is 726. The molecule has 0 radical (unpaired) electrons. The van der Waals surface area contributed by atoms with Gasteiger partial charge in [0.1, 0.15) is 11.4 Å². The van der Waals surface area contributed by atoms with Crippen molar-refractivity contribution < 1.29 is 22.7 Å². The van der Waals surface area contributed by atoms with Gasteiger partial charge >= 0.3 is 6.18 Å². The second-order valence-electron chi connectivity index (χ2n) is 4.66. The SMILES string of the molecule is Cl.NCCc1nc(C(=O)Nc2ccc(Cl)cc2OCC(F)(F)F)cs1. The number of alkyl halides is 3. The van der Waals surface area contributed by atoms with Crippen LogP contribution in [-0.4, -0.2) is 30.2 Å². The van der Waals surface area contributed by atoms with Gasteiger partial charge in [-0.25, -0.2) is 4.98 Å². The van der Waals surface area contributed by atoms with Crippen LogP contribution in [-0.2, 0) is 6.42 Å². The molecule has 0 aliphatic heterocycles. The van der Waals surface area contributed by atoms with Crippen molar-refractivity contribution in [1.82, 2.24) is 4.98 Å². The topological polar surface area (TPSA) is 77.2 Å². The summed E-state index contributed by atoms with van der Waals surface area (Å²) in [5.41, 5.74) is 5.64. The number of ether oxygens (including phenoxy) is 1. The molecule has 0 saturated carbocycles. The van der Waals surface area contributed by atoms with Crippen LogP contribution in [0.2, 0.25) is 5.02 Å². The highest BCUT2D eigenvalue weighted by Crippen LogP contribution is 2.30. The molecular formula is C14H14Cl2F3N3O2S. The summed E-state index contributed by atoms with van der Waals surface area (Å²) < 4.78 is 41.6. The Balaban J connectivity index is 0.00000312. The molecule has 0 fully saturated rings. The summed E-state index contributed by atoms with van der Waals surface area (Å²) >= 11 is 7.04. The van der Waals surface area contributed by atoms with Crippen LogP contribution < -0.4 is 15.8 Å². The van der Waals surface area contributed by atoms with E-state index in [1.807, 2.05) is 0 Å². The third-order valence-corrected chi connectivity index (χ3v) is 3.87. The first kappa shape index (κ1) is 21.5. The van der Waals surface area contributed by atoms with E-state index in [-0.39, 0.29) is 34.6 Å². The van der Waals surface area contributed by atoms with Crippen molar-refractivity contribution in [1.29, 1.82) is 0 Å². The van der Waals surface area contributed by atoms with Gasteiger partial charge in [-0.1, -0.05) is 11.6 Å². The molecule has 1 amide bonds. The van der Waals surface area contributed by atoms with Gasteiger partial charge in [-0.05, 0) is 18.7 Å². The van der Waals surface area contributed by atoms with E-state index in [0.29, 0.717) is 18.0 Å². The second-order valence-corrected chi connectivity index (χ2v) is 6.04. The summed E-state index contributed by atoms with van der Waals surface area (Å²) in [5, 5.41) is 4.90. The van der Waals surface area contributed by atoms with Crippen LogP contribution in [0.3, 0.4) is 0 Å². The van der Waals surface area contributed by atoms with E-state index >= 15 is 0 Å². The maximum atomic E-state index is 12.3. The molecule has 2 aromatic rings. The Morgan fingerprint density at radius 2 is 2.12 bits per heavy atom. The Labute approximate surface area is 156 Å². The summed E-state index contributed by atoms with van der Waals surface area (Å²) in [4.78, 5) is 16.3. The molecule has 1 heterocycles. The zero-order valence-electron chi connectivity index (χ0n) is 12.6. The predicted molar refractivity (Wildman–Crippen MR) is 93.1 cm³/mol. The molecule has 25 heavy (non-hydrogen) atoms. The average Bonchev–Trinajstić information content (AvgIpc) is 2.96. The Morgan fingerprint density at radius 1 is 1.40 bits per heavy atom. The number of amides is 1. The summed E-state index contributed by atoms with van der Waals surface area (Å²) in [5.74, 6) is -0.737. The van der Waals surface area contributed by atoms with E-state index in [4.69, 9.17) is 22.1 Å². The van der Waals surface area contributed by atoms with Crippen molar-refractivity contribution in [3.05, 3.63) is 39.3 Å². The summed E-state index contributed by atoms with van der Waals surface area (Å²) in [6.07, 6.45) is -3.96. The largest absolute Gasteiger partial charge is 0.482 e. The summed E-state index contributed by atoms with van der Waals surface area (Å²) in [7, 11) is 0. The number of nitrogens with two attached hydrogens (primary N) is 1. The number of anilines is 1. The van der Waals surface area contributed by atoms with Crippen molar-refractivity contribution >= 4 is 46.9 Å². The van der Waals surface area contributed by atoms with Crippen LogP contribution in [0, 0.1) is 0 Å². The van der Waals surface area contributed by atoms with Crippen molar-refractivity contribution in [3.63, 3.8) is 0 Å². The number of carbonyl (C=O) groups excluding carboxylic acids is 1. The lowest BCUT2D eigenvalue weighted by Crippen LogP contribution is -2.20. The third kappa shape index (κ3) is 6.69. The first-order chi connectivity index (χ1) is 11.3. The number of benzene rings is 1. The maximum absolute atomic E-state index is 12.3. The zero-order chi connectivity index (χ0) is 17.7. The van der Waals surface area contributed by atoms with Gasteiger partial charge in [0.05, 0.1) is 10.7 Å². The van der Waals surface area contributed by atoms with E-state index in [9.17, 15) is 18.0 Å². The molecule has 0 spiro atoms. The Hall–Kier alpha value is -1.55. The number of nitrogens with zero attached hydrogens (tertiary/aromatic N) is 1. The molecule has 0 aliphatic carbocycles. The van der Waals surface area contributed by atoms with Crippen LogP contribution in [0.1, 0.15) is 15.5 Å². The Morgan fingerprint density at radius 3 is 2.76 bits per heavy atom. The highest BCUT2D eigenvalue weighted by Gasteiger charge is 2.29. The average molecular weight is 416 g/mol. The fourth-order valence-electron chi connectivity index (χ4n) is 1.72. The standard InChI is InChI=1S/C14H13ClF3N3O2S.ClH/c15-8-1-2-9(11(5-8)23-7-14(16,17)18)21-13(22)10-6-24-12(20-10)3-4-19;/h1-2,5-6H,3-4,7,19H2,(H,21,22);1H. The van der Waals surface area contributed by atoms with Crippen molar-refractivity contribution in [2.75, 3.05) is 18.5 Å². The second kappa shape index (κ2) is 9.23. The minimum absolute atomic E-state index is 0. The number of halogens is 5. The minimum Gasteiger partial charge on any atom is -0.482 e. The molecule has 1 aromatic heterocycles. The zero-order valence-corrected chi connectivity index (χ0v) is 15.0. The molecule has 138 valence electrons. The maximum Gasteiger partial charge on any atom is 0.422 e. The molecule has 3 N–H and O–H groups in total. The van der Waals surface area contributed by atoms with E-state index in [1.165, 1.54) is 29.5 Å². The van der Waals surface area contributed by atoms with E-state index in [2.05, 4.69) is 10.3 Å². The molecule has 1 aromatic carbocycles. The number of carbonyl (C=O) groups is 1. The number of hydrogen-bond acceptors (Lipinski definition) is 5. The molecule has 0 unspecified atom stereocenters. The lowest BCUT2D eigenvalue weighted by molar-refractivity contribution is -0.153. The number of rotatable bonds is 6. The van der Waals surface area contributed by atoms with Gasteiger partial charge in [-0.2, -0.15) is 13.2 Å². The van der Waals surface area contributed by atoms with Crippen LogP contribution in [0.15, 0.2) is 23.6 Å². The molecule has 0 aliphatic rings. The lowest BCUT2D eigenvalue weighted by atomic mass is 10.2. The number of nitrogens with one attached hydrogen (secondary N) is 1. The van der Waals surface area contributed by atoms with Gasteiger partial charge in [-0.3, -0.25) is 4.79 Å². The first-order valence-electron chi connectivity index (χ1n) is 6.73. The van der Waals surface area contributed by atoms with Crippen molar-refractivity contribution in [2.45, 2.75) is 12.6 Å². The number of hydrogen-bond donors (Lipinski definition) is 2. The van der Waals surface area contributed by atoms with Crippen molar-refractivity contribution in [3.8, 4) is 5.75 Å². The van der Waals surface area contributed by atoms with Gasteiger partial charge in [0, 0.05) is 22.9 Å². The van der Waals surface area contributed by atoms with Gasteiger partial charge in [0.2, 0.25) is 0 Å². The van der Waals surface area contributed by atoms with Crippen LogP contribution in [0.5, 0.6) is 5.75 Å². The summed E-state index contributed by atoms with van der Waals surface area (Å²) in [6, 6.07) is 3.99. The van der Waals surface area contributed by atoms with Gasteiger partial charge in [-0.15, -0.1) is 23.7 Å². The van der Waals surface area contributed by atoms with Gasteiger partial charge in [0.25, 0.3) is 5.91 Å². The van der Waals surface area contributed by atoms with E-state index in [0.717, 1.165) is 0 Å². The third-order valence-electron chi connectivity index (χ3n) is 2.73. The number of thiazole rings is 1. The monoisotopic (exact) mass is 415 g/mol. The summed E-state index contributed by atoms with van der Waals surface area (Å²) in [6.45, 7) is -1.09. The Kier molecular flexibility index (Phi) is 7.94. The number of aromatic nitrogens is 1. The van der Waals surface area contributed by atoms with Gasteiger partial charge < -0.3 is 15.8 Å². The van der Waals surface area contributed by atoms with Crippen molar-refractivity contribution in [2.24, 2.45) is 5.73 Å². The smallest absolute Gasteiger partial charge is 0.422 e. The fourth-order valence-corrected chi connectivity index (χ4v) is 2.67. The molecule has 0 saturated heterocycles. The van der Waals surface area contributed by atoms with Crippen LogP contribution >= 0.6 is 35.3 Å². The quantitative estimate of drug-likeness (QED) is 0.749. The molecule has 11 heteroatoms. The normalized spacial score (nSPS) is 10.9. The van der Waals surface area contributed by atoms with Crippen LogP contribution in [0.25, 0.3) is 0 Å². The first-order valence-corrected chi connectivity index (χ1v) is 7.99. The molecule has 0 bridgehead atoms. The minimum atomic E-state index is -4.50. The molecule has 0 atom stereocenters.